The maximum absolute atomic E-state index is 10.4. The molecule has 0 atom stereocenters. The highest BCUT2D eigenvalue weighted by molar-refractivity contribution is 5.55. The molecule has 2 aromatic rings. The quantitative estimate of drug-likeness (QED) is 0.647. The van der Waals surface area contributed by atoms with Gasteiger partial charge in [-0.05, 0) is 24.3 Å². The highest BCUT2D eigenvalue weighted by Crippen LogP contribution is 2.28. The third-order valence-electron chi connectivity index (χ3n) is 2.07. The number of nitrogens with zero attached hydrogens (tertiary/aromatic N) is 1. The third-order valence-corrected chi connectivity index (χ3v) is 2.07. The summed E-state index contributed by atoms with van der Waals surface area (Å²) in [6, 6.07) is 15.8. The van der Waals surface area contributed by atoms with Crippen molar-refractivity contribution < 1.29 is 9.77 Å². The first-order valence-electron chi connectivity index (χ1n) is 4.99. The van der Waals surface area contributed by atoms with E-state index in [1.165, 1.54) is 0 Å². The fraction of sp³-hybridized carbons (Fsp3) is 0. The van der Waals surface area contributed by atoms with Crippen LogP contribution in [0.5, 0.6) is 11.5 Å². The summed E-state index contributed by atoms with van der Waals surface area (Å²) in [7, 11) is 0. The number of anilines is 1. The van der Waals surface area contributed by atoms with E-state index in [2.05, 4.69) is 5.43 Å². The van der Waals surface area contributed by atoms with Gasteiger partial charge in [0.1, 0.15) is 11.4 Å². The molecule has 0 fully saturated rings. The van der Waals surface area contributed by atoms with Crippen LogP contribution in [0, 0.1) is 10.1 Å². The van der Waals surface area contributed by atoms with Gasteiger partial charge in [0.25, 0.3) is 0 Å². The van der Waals surface area contributed by atoms with Gasteiger partial charge in [-0.15, -0.1) is 5.43 Å². The average Bonchev–Trinajstić information content (AvgIpc) is 2.32. The van der Waals surface area contributed by atoms with Gasteiger partial charge in [-0.3, -0.25) is 0 Å². The molecule has 0 aliphatic carbocycles. The van der Waals surface area contributed by atoms with E-state index in [1.54, 1.807) is 36.4 Å². The number of rotatable bonds is 4. The molecule has 0 bridgehead atoms. The molecule has 1 N–H and O–H groups in total. The summed E-state index contributed by atoms with van der Waals surface area (Å²) in [6.07, 6.45) is 0. The monoisotopic (exact) mass is 230 g/mol. The number of para-hydroxylation sites is 3. The minimum absolute atomic E-state index is 0.321. The molecule has 0 aromatic heterocycles. The second-order valence-electron chi connectivity index (χ2n) is 3.28. The van der Waals surface area contributed by atoms with E-state index < -0.39 is 5.03 Å². The molecule has 2 rings (SSSR count). The number of nitro groups is 1. The first-order valence-corrected chi connectivity index (χ1v) is 4.99. The van der Waals surface area contributed by atoms with Crippen LogP contribution < -0.4 is 10.2 Å². The lowest BCUT2D eigenvalue weighted by Crippen LogP contribution is -2.08. The zero-order chi connectivity index (χ0) is 12.1. The lowest BCUT2D eigenvalue weighted by Gasteiger charge is -2.08. The topological polar surface area (TPSA) is 64.4 Å². The van der Waals surface area contributed by atoms with Crippen molar-refractivity contribution in [2.24, 2.45) is 0 Å². The molecule has 86 valence electrons. The molecule has 0 amide bonds. The maximum Gasteiger partial charge on any atom is 0.162 e. The van der Waals surface area contributed by atoms with Crippen molar-refractivity contribution in [1.29, 1.82) is 0 Å². The van der Waals surface area contributed by atoms with Gasteiger partial charge in [-0.25, -0.2) is 10.1 Å². The zero-order valence-electron chi connectivity index (χ0n) is 8.87. The molecule has 0 saturated carbocycles. The molecular formula is C12H10N2O3. The largest absolute Gasteiger partial charge is 0.455 e. The van der Waals surface area contributed by atoms with Crippen molar-refractivity contribution in [1.82, 2.24) is 0 Å². The predicted octanol–water partition coefficient (Wildman–Crippen LogP) is 3.08. The summed E-state index contributed by atoms with van der Waals surface area (Å²) in [6.45, 7) is 0. The molecule has 2 aromatic carbocycles. The molecule has 0 spiro atoms. The minimum atomic E-state index is -0.618. The predicted molar refractivity (Wildman–Crippen MR) is 63.6 cm³/mol. The van der Waals surface area contributed by atoms with Crippen molar-refractivity contribution in [3.63, 3.8) is 0 Å². The molecule has 5 nitrogen and oxygen atoms in total. The molecule has 0 unspecified atom stereocenters. The van der Waals surface area contributed by atoms with Crippen LogP contribution in [0.1, 0.15) is 0 Å². The number of hydrogen-bond acceptors (Lipinski definition) is 3. The van der Waals surface area contributed by atoms with Gasteiger partial charge >= 0.3 is 0 Å². The smallest absolute Gasteiger partial charge is 0.162 e. The van der Waals surface area contributed by atoms with Crippen LogP contribution in [0.25, 0.3) is 0 Å². The fourth-order valence-electron chi connectivity index (χ4n) is 1.36. The summed E-state index contributed by atoms with van der Waals surface area (Å²) in [5.41, 5.74) is 2.41. The maximum atomic E-state index is 10.4. The zero-order valence-corrected chi connectivity index (χ0v) is 8.87. The van der Waals surface area contributed by atoms with Gasteiger partial charge in [0.05, 0.1) is 0 Å². The Morgan fingerprint density at radius 2 is 1.65 bits per heavy atom. The van der Waals surface area contributed by atoms with E-state index in [0.29, 0.717) is 17.2 Å². The Morgan fingerprint density at radius 1 is 1.00 bits per heavy atom. The summed E-state index contributed by atoms with van der Waals surface area (Å²) < 4.78 is 5.54. The summed E-state index contributed by atoms with van der Waals surface area (Å²) in [4.78, 5) is 10.4. The van der Waals surface area contributed by atoms with Crippen molar-refractivity contribution in [2.75, 3.05) is 5.43 Å². The van der Waals surface area contributed by atoms with Crippen LogP contribution in [0.3, 0.4) is 0 Å². The molecule has 0 saturated heterocycles. The molecule has 0 aliphatic heterocycles. The Kier molecular flexibility index (Phi) is 3.20. The number of ether oxygens (including phenoxy) is 1. The molecule has 17 heavy (non-hydrogen) atoms. The summed E-state index contributed by atoms with van der Waals surface area (Å²) >= 11 is 0. The third kappa shape index (κ3) is 2.94. The second kappa shape index (κ2) is 4.98. The van der Waals surface area contributed by atoms with Gasteiger partial charge < -0.3 is 4.74 Å². The number of hydrogen-bond donors (Lipinski definition) is 1. The number of hydrazine groups is 1. The number of nitrogens with one attached hydrogen (secondary N) is 1. The van der Waals surface area contributed by atoms with E-state index in [9.17, 15) is 10.1 Å². The summed E-state index contributed by atoms with van der Waals surface area (Å²) in [5.74, 6) is 1.04. The Labute approximate surface area is 97.8 Å². The lowest BCUT2D eigenvalue weighted by atomic mass is 10.3. The van der Waals surface area contributed by atoms with Crippen LogP contribution in [-0.2, 0) is 0 Å². The van der Waals surface area contributed by atoms with E-state index in [1.807, 2.05) is 18.2 Å². The molecule has 0 heterocycles. The first-order chi connectivity index (χ1) is 8.25. The van der Waals surface area contributed by atoms with Gasteiger partial charge in [-0.2, -0.15) is 0 Å². The van der Waals surface area contributed by atoms with Crippen LogP contribution in [-0.4, -0.2) is 5.03 Å². The summed E-state index contributed by atoms with van der Waals surface area (Å²) in [5, 5.41) is 9.79. The van der Waals surface area contributed by atoms with Gasteiger partial charge in [0.2, 0.25) is 0 Å². The van der Waals surface area contributed by atoms with Crippen molar-refractivity contribution in [3.8, 4) is 11.5 Å². The Hall–Kier alpha value is -2.56. The highest BCUT2D eigenvalue weighted by Gasteiger charge is 2.07. The van der Waals surface area contributed by atoms with Gasteiger partial charge in [0.15, 0.2) is 10.8 Å². The fourth-order valence-corrected chi connectivity index (χ4v) is 1.36. The SMILES string of the molecule is O=[N+]([O-])Nc1ccccc1Oc1ccccc1. The highest BCUT2D eigenvalue weighted by atomic mass is 16.7. The second-order valence-corrected chi connectivity index (χ2v) is 3.28. The Balaban J connectivity index is 2.23. The van der Waals surface area contributed by atoms with Crippen LogP contribution >= 0.6 is 0 Å². The van der Waals surface area contributed by atoms with Crippen molar-refractivity contribution in [3.05, 3.63) is 64.7 Å². The van der Waals surface area contributed by atoms with E-state index in [0.717, 1.165) is 0 Å². The lowest BCUT2D eigenvalue weighted by molar-refractivity contribution is -0.445. The standard InChI is InChI=1S/C12H10N2O3/c15-14(16)13-11-8-4-5-9-12(11)17-10-6-2-1-3-7-10/h1-9,13H. The van der Waals surface area contributed by atoms with Crippen molar-refractivity contribution in [2.45, 2.75) is 0 Å². The molecular weight excluding hydrogens is 220 g/mol. The Bertz CT molecular complexity index is 514. The van der Waals surface area contributed by atoms with E-state index in [4.69, 9.17) is 4.74 Å². The first kappa shape index (κ1) is 10.9. The van der Waals surface area contributed by atoms with Crippen molar-refractivity contribution >= 4 is 5.69 Å². The number of benzene rings is 2. The van der Waals surface area contributed by atoms with E-state index >= 15 is 0 Å². The average molecular weight is 230 g/mol. The molecule has 0 aliphatic rings. The molecule has 5 heteroatoms. The van der Waals surface area contributed by atoms with Crippen LogP contribution in [0.4, 0.5) is 5.69 Å². The Morgan fingerprint density at radius 3 is 2.35 bits per heavy atom. The van der Waals surface area contributed by atoms with Gasteiger partial charge in [0, 0.05) is 0 Å². The minimum Gasteiger partial charge on any atom is -0.455 e. The van der Waals surface area contributed by atoms with Gasteiger partial charge in [-0.1, -0.05) is 30.3 Å². The van der Waals surface area contributed by atoms with E-state index in [-0.39, 0.29) is 0 Å². The molecule has 0 radical (unpaired) electrons. The van der Waals surface area contributed by atoms with Crippen LogP contribution in [0.2, 0.25) is 0 Å². The normalized spacial score (nSPS) is 9.65. The van der Waals surface area contributed by atoms with Crippen LogP contribution in [0.15, 0.2) is 54.6 Å².